The number of hydrogen-bond donors (Lipinski definition) is 3. The van der Waals surface area contributed by atoms with Crippen LogP contribution in [0.25, 0.3) is 0 Å². The molecule has 0 bridgehead atoms. The molecule has 0 spiro atoms. The fourth-order valence-electron chi connectivity index (χ4n) is 1.99. The smallest absolute Gasteiger partial charge is 0.316 e. The van der Waals surface area contributed by atoms with E-state index in [2.05, 4.69) is 10.6 Å². The number of carbonyl (C=O) groups is 2. The fraction of sp³-hybridized carbons (Fsp3) is 0.176. The van der Waals surface area contributed by atoms with Gasteiger partial charge in [0.05, 0.1) is 0 Å². The maximum absolute atomic E-state index is 13.1. The summed E-state index contributed by atoms with van der Waals surface area (Å²) in [7, 11) is 0. The van der Waals surface area contributed by atoms with Gasteiger partial charge in [-0.15, -0.1) is 0 Å². The van der Waals surface area contributed by atoms with Crippen LogP contribution in [-0.2, 0) is 11.3 Å². The van der Waals surface area contributed by atoms with Gasteiger partial charge in [-0.2, -0.15) is 0 Å². The van der Waals surface area contributed by atoms with Gasteiger partial charge in [0.15, 0.2) is 17.7 Å². The van der Waals surface area contributed by atoms with Crippen molar-refractivity contribution in [2.45, 2.75) is 19.6 Å². The van der Waals surface area contributed by atoms with E-state index in [0.29, 0.717) is 5.69 Å². The van der Waals surface area contributed by atoms with Gasteiger partial charge in [-0.05, 0) is 36.8 Å². The summed E-state index contributed by atoms with van der Waals surface area (Å²) in [5.41, 5.74) is 6.34. The maximum Gasteiger partial charge on any atom is 0.316 e. The highest BCUT2D eigenvalue weighted by Gasteiger charge is 2.15. The van der Waals surface area contributed by atoms with Gasteiger partial charge in [-0.25, -0.2) is 13.6 Å². The molecule has 6 nitrogen and oxygen atoms in total. The van der Waals surface area contributed by atoms with E-state index < -0.39 is 29.7 Å². The standard InChI is InChI=1S/C17H17F2N3O3/c1-10(25-13-6-7-14(18)15(19)8-13)16(23)21-9-11-2-4-12(5-3-11)22-17(20)24/h2-8,10H,9H2,1H3,(H,21,23)(H3,20,22,24)/t10-/m0/s1. The molecule has 132 valence electrons. The summed E-state index contributed by atoms with van der Waals surface area (Å²) >= 11 is 0. The molecule has 2 aromatic rings. The Labute approximate surface area is 143 Å². The number of halogens is 2. The molecular weight excluding hydrogens is 332 g/mol. The van der Waals surface area contributed by atoms with E-state index in [4.69, 9.17) is 10.5 Å². The number of urea groups is 1. The Morgan fingerprint density at radius 3 is 2.40 bits per heavy atom. The molecule has 0 aliphatic carbocycles. The molecule has 0 aliphatic rings. The number of benzene rings is 2. The van der Waals surface area contributed by atoms with E-state index in [-0.39, 0.29) is 12.3 Å². The molecule has 0 fully saturated rings. The quantitative estimate of drug-likeness (QED) is 0.748. The third kappa shape index (κ3) is 5.45. The summed E-state index contributed by atoms with van der Waals surface area (Å²) in [6.07, 6.45) is -0.888. The van der Waals surface area contributed by atoms with Crippen molar-refractivity contribution < 1.29 is 23.1 Å². The average Bonchev–Trinajstić information content (AvgIpc) is 2.56. The highest BCUT2D eigenvalue weighted by Crippen LogP contribution is 2.17. The minimum atomic E-state index is -1.05. The number of primary amides is 1. The largest absolute Gasteiger partial charge is 0.481 e. The second-order valence-corrected chi connectivity index (χ2v) is 5.24. The van der Waals surface area contributed by atoms with Crippen LogP contribution >= 0.6 is 0 Å². The summed E-state index contributed by atoms with van der Waals surface area (Å²) in [5.74, 6) is -2.39. The zero-order valence-corrected chi connectivity index (χ0v) is 13.4. The molecule has 0 aliphatic heterocycles. The molecule has 2 rings (SSSR count). The van der Waals surface area contributed by atoms with Crippen LogP contribution < -0.4 is 21.1 Å². The van der Waals surface area contributed by atoms with Crippen molar-refractivity contribution >= 4 is 17.6 Å². The molecule has 4 N–H and O–H groups in total. The molecular formula is C17H17F2N3O3. The number of carbonyl (C=O) groups excluding carboxylic acids is 2. The number of nitrogens with two attached hydrogens (primary N) is 1. The second-order valence-electron chi connectivity index (χ2n) is 5.24. The van der Waals surface area contributed by atoms with Crippen molar-refractivity contribution in [3.8, 4) is 5.75 Å². The van der Waals surface area contributed by atoms with Crippen LogP contribution in [0.4, 0.5) is 19.3 Å². The first-order valence-electron chi connectivity index (χ1n) is 7.40. The second kappa shape index (κ2) is 8.09. The Kier molecular flexibility index (Phi) is 5.89. The number of amides is 3. The van der Waals surface area contributed by atoms with E-state index in [0.717, 1.165) is 17.7 Å². The molecule has 1 atom stereocenters. The van der Waals surface area contributed by atoms with Gasteiger partial charge in [0, 0.05) is 18.3 Å². The minimum absolute atomic E-state index is 0.0587. The molecule has 0 unspecified atom stereocenters. The van der Waals surface area contributed by atoms with E-state index >= 15 is 0 Å². The first kappa shape index (κ1) is 18.2. The van der Waals surface area contributed by atoms with Crippen LogP contribution in [0.2, 0.25) is 0 Å². The van der Waals surface area contributed by atoms with Crippen LogP contribution in [-0.4, -0.2) is 18.0 Å². The average molecular weight is 349 g/mol. The molecule has 0 saturated heterocycles. The monoisotopic (exact) mass is 349 g/mol. The number of ether oxygens (including phenoxy) is 1. The van der Waals surface area contributed by atoms with Gasteiger partial charge in [0.25, 0.3) is 5.91 Å². The van der Waals surface area contributed by atoms with Crippen LogP contribution in [0.3, 0.4) is 0 Å². The van der Waals surface area contributed by atoms with Crippen LogP contribution in [0.1, 0.15) is 12.5 Å². The van der Waals surface area contributed by atoms with Gasteiger partial charge in [-0.1, -0.05) is 12.1 Å². The summed E-state index contributed by atoms with van der Waals surface area (Å²) in [6, 6.07) is 9.11. The normalized spacial score (nSPS) is 11.5. The maximum atomic E-state index is 13.1. The van der Waals surface area contributed by atoms with E-state index in [1.807, 2.05) is 0 Å². The summed E-state index contributed by atoms with van der Waals surface area (Å²) in [4.78, 5) is 22.7. The lowest BCUT2D eigenvalue weighted by atomic mass is 10.2. The van der Waals surface area contributed by atoms with Crippen molar-refractivity contribution in [1.82, 2.24) is 5.32 Å². The van der Waals surface area contributed by atoms with Crippen molar-refractivity contribution in [2.75, 3.05) is 5.32 Å². The Bertz CT molecular complexity index is 766. The highest BCUT2D eigenvalue weighted by atomic mass is 19.2. The predicted octanol–water partition coefficient (Wildman–Crippen LogP) is 2.54. The first-order valence-corrected chi connectivity index (χ1v) is 7.40. The Hall–Kier alpha value is -3.16. The van der Waals surface area contributed by atoms with E-state index in [1.165, 1.54) is 13.0 Å². The Morgan fingerprint density at radius 1 is 1.12 bits per heavy atom. The molecule has 0 radical (unpaired) electrons. The van der Waals surface area contributed by atoms with Crippen LogP contribution in [0.15, 0.2) is 42.5 Å². The Balaban J connectivity index is 1.86. The van der Waals surface area contributed by atoms with Gasteiger partial charge in [0.1, 0.15) is 5.75 Å². The highest BCUT2D eigenvalue weighted by molar-refractivity contribution is 5.87. The third-order valence-electron chi connectivity index (χ3n) is 3.26. The lowest BCUT2D eigenvalue weighted by Crippen LogP contribution is -2.35. The molecule has 0 heterocycles. The minimum Gasteiger partial charge on any atom is -0.481 e. The number of nitrogens with one attached hydrogen (secondary N) is 2. The number of rotatable bonds is 6. The summed E-state index contributed by atoms with van der Waals surface area (Å²) in [5, 5.41) is 5.09. The zero-order valence-electron chi connectivity index (χ0n) is 13.4. The summed E-state index contributed by atoms with van der Waals surface area (Å²) in [6.45, 7) is 1.73. The Morgan fingerprint density at radius 2 is 1.80 bits per heavy atom. The lowest BCUT2D eigenvalue weighted by molar-refractivity contribution is -0.127. The molecule has 0 saturated carbocycles. The molecule has 8 heteroatoms. The number of anilines is 1. The van der Waals surface area contributed by atoms with Crippen molar-refractivity contribution in [3.05, 3.63) is 59.7 Å². The first-order chi connectivity index (χ1) is 11.8. The van der Waals surface area contributed by atoms with Crippen LogP contribution in [0.5, 0.6) is 5.75 Å². The molecule has 0 aromatic heterocycles. The van der Waals surface area contributed by atoms with E-state index in [9.17, 15) is 18.4 Å². The summed E-state index contributed by atoms with van der Waals surface area (Å²) < 4.78 is 31.3. The molecule has 2 aromatic carbocycles. The van der Waals surface area contributed by atoms with Crippen LogP contribution in [0, 0.1) is 11.6 Å². The fourth-order valence-corrected chi connectivity index (χ4v) is 1.99. The molecule has 3 amide bonds. The van der Waals surface area contributed by atoms with Gasteiger partial charge in [-0.3, -0.25) is 4.79 Å². The topological polar surface area (TPSA) is 93.4 Å². The molecule has 25 heavy (non-hydrogen) atoms. The van der Waals surface area contributed by atoms with Gasteiger partial charge in [0.2, 0.25) is 0 Å². The van der Waals surface area contributed by atoms with Crippen molar-refractivity contribution in [2.24, 2.45) is 5.73 Å². The van der Waals surface area contributed by atoms with Gasteiger partial charge >= 0.3 is 6.03 Å². The SMILES string of the molecule is C[C@H](Oc1ccc(F)c(F)c1)C(=O)NCc1ccc(NC(N)=O)cc1. The lowest BCUT2D eigenvalue weighted by Gasteiger charge is -2.15. The third-order valence-corrected chi connectivity index (χ3v) is 3.26. The van der Waals surface area contributed by atoms with E-state index in [1.54, 1.807) is 24.3 Å². The van der Waals surface area contributed by atoms with Crippen molar-refractivity contribution in [3.63, 3.8) is 0 Å². The predicted molar refractivity (Wildman–Crippen MR) is 87.9 cm³/mol. The number of hydrogen-bond acceptors (Lipinski definition) is 3. The van der Waals surface area contributed by atoms with Gasteiger partial charge < -0.3 is 21.1 Å². The zero-order chi connectivity index (χ0) is 18.4. The van der Waals surface area contributed by atoms with Crippen molar-refractivity contribution in [1.29, 1.82) is 0 Å².